The van der Waals surface area contributed by atoms with E-state index in [0.717, 1.165) is 19.8 Å². The van der Waals surface area contributed by atoms with Crippen molar-refractivity contribution in [2.45, 2.75) is 242 Å². The molecule has 28 atom stereocenters. The van der Waals surface area contributed by atoms with E-state index in [9.17, 15) is 66.1 Å². The van der Waals surface area contributed by atoms with Gasteiger partial charge in [-0.1, -0.05) is 53.2 Å². The van der Waals surface area contributed by atoms with Gasteiger partial charge in [0, 0.05) is 12.3 Å². The number of hydrogen-bond acceptors (Lipinski definition) is 23. The first-order valence-corrected chi connectivity index (χ1v) is 28.1. The molecule has 0 aromatic heterocycles. The lowest BCUT2D eigenvalue weighted by Gasteiger charge is -2.71. The number of aliphatic hydroxyl groups excluding tert-OH is 12. The standard InChI is InChI=1S/C55H88O23/c1-24-34(59)38(63)42(67)46(73-24)77-44-35(60)28(58)20-71-48(44)76-33-12-13-51(5)31(52(33,6)23-56)11-14-54(8)32(51)10-9-26-27-19-50(3,4)15-17-55(27,18-16-53(26,54)7)49(69)78-47-43(68)40(65)37(62)30(75-47)22-72-45-41(66)39(64)36(61)29(74-45)21-70-25(2)57/h9,24,27-48,56,58-68H,10-23H2,1-8H3/t24-,27-,28-,29+,30+,31+,32+,33-,34-,35-,36+,37+,38+,39-,40-,41+,42+,43+,44+,45+,46-,47-,48-,51-,52-,53+,54+,55-/m0/s1. The molecule has 4 heterocycles. The number of aliphatic hydroxyl groups is 12. The Kier molecular flexibility index (Phi) is 17.2. The van der Waals surface area contributed by atoms with E-state index in [-0.39, 0.29) is 52.6 Å². The van der Waals surface area contributed by atoms with Crippen molar-refractivity contribution in [1.82, 2.24) is 0 Å². The Morgan fingerprint density at radius 3 is 1.92 bits per heavy atom. The minimum atomic E-state index is -1.86. The van der Waals surface area contributed by atoms with E-state index in [4.69, 9.17) is 42.6 Å². The molecule has 8 fully saturated rings. The molecule has 12 N–H and O–H groups in total. The van der Waals surface area contributed by atoms with E-state index in [1.54, 1.807) is 0 Å². The summed E-state index contributed by atoms with van der Waals surface area (Å²) in [6.07, 6.45) is -21.2. The van der Waals surface area contributed by atoms with Crippen molar-refractivity contribution in [2.75, 3.05) is 26.4 Å². The SMILES string of the molecule is CC(=O)OC[C@H]1O[C@@H](OC[C@H]2O[C@@H](OC(=O)[C@]34CCC(C)(C)C[C@H]3C3=CC[C@@H]5[C@@]6(C)CC[C@H](O[C@@H]7OC[C@H](O)[C@H](O)[C@H]7O[C@@H]7O[C@@H](C)[C@H](O)[C@@H](O)[C@H]7O)[C@@](C)(CO)[C@@H]6CC[C@@]5(C)[C@]3(C)CC4)[C@H](O)[C@@H](O)[C@@H]2O)[C@H](O)[C@@H](O)[C@@H]1O. The first kappa shape index (κ1) is 60.5. The normalized spacial score (nSPS) is 53.1. The second-order valence-corrected chi connectivity index (χ2v) is 26.3. The molecule has 78 heavy (non-hydrogen) atoms. The summed E-state index contributed by atoms with van der Waals surface area (Å²) in [5.41, 5.74) is -1.78. The van der Waals surface area contributed by atoms with Crippen LogP contribution in [0.25, 0.3) is 0 Å². The van der Waals surface area contributed by atoms with Gasteiger partial charge in [0.05, 0.1) is 37.4 Å². The number of ether oxygens (including phenoxy) is 9. The van der Waals surface area contributed by atoms with Crippen molar-refractivity contribution >= 4 is 11.9 Å². The van der Waals surface area contributed by atoms with Gasteiger partial charge in [0.15, 0.2) is 18.9 Å². The van der Waals surface area contributed by atoms with Gasteiger partial charge in [0.1, 0.15) is 92.1 Å². The van der Waals surface area contributed by atoms with E-state index in [2.05, 4.69) is 40.7 Å². The van der Waals surface area contributed by atoms with Crippen LogP contribution in [0.5, 0.6) is 0 Å². The van der Waals surface area contributed by atoms with E-state index in [0.29, 0.717) is 51.4 Å². The monoisotopic (exact) mass is 1120 g/mol. The predicted molar refractivity (Wildman–Crippen MR) is 266 cm³/mol. The van der Waals surface area contributed by atoms with Gasteiger partial charge in [0.2, 0.25) is 6.29 Å². The van der Waals surface area contributed by atoms with Crippen LogP contribution in [0.4, 0.5) is 0 Å². The smallest absolute Gasteiger partial charge is 0.315 e. The molecule has 5 aliphatic carbocycles. The van der Waals surface area contributed by atoms with Gasteiger partial charge in [-0.3, -0.25) is 9.59 Å². The summed E-state index contributed by atoms with van der Waals surface area (Å²) >= 11 is 0. The molecule has 0 bridgehead atoms. The highest BCUT2D eigenvalue weighted by Gasteiger charge is 2.71. The minimum Gasteiger partial charge on any atom is -0.463 e. The average Bonchev–Trinajstić information content (AvgIpc) is 3.46. The number of allylic oxidation sites excluding steroid dienone is 2. The number of fused-ring (bicyclic) bond motifs is 7. The van der Waals surface area contributed by atoms with Crippen molar-refractivity contribution in [3.63, 3.8) is 0 Å². The molecular formula is C55H88O23. The lowest BCUT2D eigenvalue weighted by atomic mass is 9.33. The van der Waals surface area contributed by atoms with Crippen LogP contribution < -0.4 is 0 Å². The second-order valence-electron chi connectivity index (χ2n) is 26.3. The average molecular weight is 1120 g/mol. The fourth-order valence-corrected chi connectivity index (χ4v) is 16.3. The Hall–Kier alpha value is -2.08. The van der Waals surface area contributed by atoms with E-state index >= 15 is 4.79 Å². The fraction of sp³-hybridized carbons (Fsp3) is 0.927. The lowest BCUT2D eigenvalue weighted by molar-refractivity contribution is -0.365. The Bertz CT molecular complexity index is 2180. The first-order chi connectivity index (χ1) is 36.5. The summed E-state index contributed by atoms with van der Waals surface area (Å²) in [4.78, 5) is 26.6. The molecule has 9 aliphatic rings. The highest BCUT2D eigenvalue weighted by atomic mass is 16.8. The molecule has 4 saturated carbocycles. The highest BCUT2D eigenvalue weighted by Crippen LogP contribution is 2.76. The molecule has 9 rings (SSSR count). The van der Waals surface area contributed by atoms with Gasteiger partial charge < -0.3 is 104 Å². The maximum atomic E-state index is 15.1. The zero-order valence-electron chi connectivity index (χ0n) is 46.1. The fourth-order valence-electron chi connectivity index (χ4n) is 16.3. The second kappa shape index (κ2) is 22.2. The van der Waals surface area contributed by atoms with Crippen LogP contribution in [0.2, 0.25) is 0 Å². The molecule has 0 unspecified atom stereocenters. The third kappa shape index (κ3) is 10.1. The third-order valence-corrected chi connectivity index (χ3v) is 21.4. The number of hydrogen-bond donors (Lipinski definition) is 12. The minimum absolute atomic E-state index is 0.0508. The Morgan fingerprint density at radius 2 is 1.26 bits per heavy atom. The number of carbonyl (C=O) groups excluding carboxylic acids is 2. The van der Waals surface area contributed by atoms with Crippen LogP contribution in [-0.4, -0.2) is 222 Å². The van der Waals surface area contributed by atoms with Crippen LogP contribution in [0.3, 0.4) is 0 Å². The summed E-state index contributed by atoms with van der Waals surface area (Å²) in [6.45, 7) is 14.5. The third-order valence-electron chi connectivity index (χ3n) is 21.4. The molecule has 0 radical (unpaired) electrons. The van der Waals surface area contributed by atoms with E-state index < -0.39 is 159 Å². The van der Waals surface area contributed by atoms with Crippen molar-refractivity contribution in [1.29, 1.82) is 0 Å². The maximum absolute atomic E-state index is 15.1. The largest absolute Gasteiger partial charge is 0.463 e. The van der Waals surface area contributed by atoms with Gasteiger partial charge in [-0.2, -0.15) is 0 Å². The summed E-state index contributed by atoms with van der Waals surface area (Å²) < 4.78 is 52.9. The quantitative estimate of drug-likeness (QED) is 0.0645. The zero-order valence-corrected chi connectivity index (χ0v) is 46.1. The summed E-state index contributed by atoms with van der Waals surface area (Å²) in [7, 11) is 0. The van der Waals surface area contributed by atoms with Gasteiger partial charge >= 0.3 is 11.9 Å². The zero-order chi connectivity index (χ0) is 57.0. The Morgan fingerprint density at radius 1 is 0.641 bits per heavy atom. The predicted octanol–water partition coefficient (Wildman–Crippen LogP) is -0.825. The summed E-state index contributed by atoms with van der Waals surface area (Å²) in [5.74, 6) is -1.45. The van der Waals surface area contributed by atoms with Crippen LogP contribution >= 0.6 is 0 Å². The van der Waals surface area contributed by atoms with Crippen LogP contribution in [0.15, 0.2) is 11.6 Å². The van der Waals surface area contributed by atoms with Crippen molar-refractivity contribution in [2.24, 2.45) is 50.2 Å². The molecule has 4 saturated heterocycles. The summed E-state index contributed by atoms with van der Waals surface area (Å²) in [6, 6.07) is 0. The molecular weight excluding hydrogens is 1030 g/mol. The molecule has 0 aromatic carbocycles. The van der Waals surface area contributed by atoms with Gasteiger partial charge in [-0.15, -0.1) is 0 Å². The number of esters is 2. The summed E-state index contributed by atoms with van der Waals surface area (Å²) in [5, 5.41) is 130. The van der Waals surface area contributed by atoms with Crippen molar-refractivity contribution < 1.29 is 113 Å². The van der Waals surface area contributed by atoms with Gasteiger partial charge in [0.25, 0.3) is 0 Å². The number of carbonyl (C=O) groups is 2. The maximum Gasteiger partial charge on any atom is 0.315 e. The highest BCUT2D eigenvalue weighted by molar-refractivity contribution is 5.79. The van der Waals surface area contributed by atoms with Crippen LogP contribution in [-0.2, 0) is 52.2 Å². The first-order valence-electron chi connectivity index (χ1n) is 28.1. The molecule has 446 valence electrons. The molecule has 0 amide bonds. The van der Waals surface area contributed by atoms with Gasteiger partial charge in [-0.25, -0.2) is 0 Å². The Labute approximate surface area is 455 Å². The molecule has 0 aromatic rings. The topological polar surface area (TPSA) is 360 Å². The molecule has 23 heteroatoms. The van der Waals surface area contributed by atoms with Crippen LogP contribution in [0.1, 0.15) is 120 Å². The van der Waals surface area contributed by atoms with Crippen molar-refractivity contribution in [3.05, 3.63) is 11.6 Å². The van der Waals surface area contributed by atoms with Crippen LogP contribution in [0, 0.1) is 50.2 Å². The molecule has 0 spiro atoms. The van der Waals surface area contributed by atoms with E-state index in [1.807, 2.05) is 6.92 Å². The molecule has 4 aliphatic heterocycles. The van der Waals surface area contributed by atoms with Gasteiger partial charge in [-0.05, 0) is 111 Å². The van der Waals surface area contributed by atoms with E-state index in [1.165, 1.54) is 12.5 Å². The Balaban J connectivity index is 0.921. The molecule has 23 nitrogen and oxygen atoms in total. The lowest BCUT2D eigenvalue weighted by Crippen LogP contribution is -2.67. The number of rotatable bonds is 12. The van der Waals surface area contributed by atoms with Crippen molar-refractivity contribution in [3.8, 4) is 0 Å².